The van der Waals surface area contributed by atoms with Crippen molar-refractivity contribution in [3.63, 3.8) is 0 Å². The lowest BCUT2D eigenvalue weighted by Crippen LogP contribution is -2.21. The van der Waals surface area contributed by atoms with Crippen molar-refractivity contribution in [2.24, 2.45) is 0 Å². The molecule has 1 aromatic rings. The zero-order chi connectivity index (χ0) is 13.0. The molecule has 0 bridgehead atoms. The molecule has 0 saturated carbocycles. The van der Waals surface area contributed by atoms with Gasteiger partial charge in [0, 0.05) is 22.7 Å². The fraction of sp³-hybridized carbons (Fsp3) is 0.400. The maximum Gasteiger partial charge on any atom is 0.339 e. The van der Waals surface area contributed by atoms with Gasteiger partial charge in [0.05, 0.1) is 12.2 Å². The molecule has 0 atom stereocenters. The van der Waals surface area contributed by atoms with Crippen molar-refractivity contribution < 1.29 is 18.3 Å². The molecule has 0 unspecified atom stereocenters. The predicted molar refractivity (Wildman–Crippen MR) is 60.6 cm³/mol. The molecule has 1 N–H and O–H groups in total. The van der Waals surface area contributed by atoms with Crippen LogP contribution in [0.2, 0.25) is 0 Å². The molecule has 7 heteroatoms. The molecule has 0 aliphatic heterocycles. The van der Waals surface area contributed by atoms with E-state index in [4.69, 9.17) is 0 Å². The number of aromatic amines is 1. The maximum absolute atomic E-state index is 12.7. The zero-order valence-corrected chi connectivity index (χ0v) is 10.5. The summed E-state index contributed by atoms with van der Waals surface area (Å²) in [6.07, 6.45) is -2.02. The molecular formula is C10H10BrF2NO3. The number of pyridine rings is 1. The van der Waals surface area contributed by atoms with Gasteiger partial charge in [-0.05, 0) is 6.92 Å². The van der Waals surface area contributed by atoms with E-state index in [9.17, 15) is 18.4 Å². The number of carbonyl (C=O) groups is 1. The van der Waals surface area contributed by atoms with Crippen LogP contribution >= 0.6 is 15.9 Å². The molecule has 0 radical (unpaired) electrons. The number of hydrogen-bond donors (Lipinski definition) is 1. The molecule has 0 saturated heterocycles. The number of carbonyl (C=O) groups excluding carboxylic acids is 1. The van der Waals surface area contributed by atoms with Gasteiger partial charge in [-0.2, -0.15) is 0 Å². The SMILES string of the molecule is CCOC(=O)c1c(C(F)F)c[nH]c(=O)c1CBr. The summed E-state index contributed by atoms with van der Waals surface area (Å²) in [7, 11) is 0. The molecule has 1 aromatic heterocycles. The Bertz CT molecular complexity index is 473. The van der Waals surface area contributed by atoms with E-state index in [2.05, 4.69) is 25.7 Å². The van der Waals surface area contributed by atoms with E-state index in [1.165, 1.54) is 0 Å². The number of rotatable bonds is 4. The largest absolute Gasteiger partial charge is 0.462 e. The second-order valence-corrected chi connectivity index (χ2v) is 3.64. The molecule has 94 valence electrons. The van der Waals surface area contributed by atoms with Crippen LogP contribution in [0.25, 0.3) is 0 Å². The van der Waals surface area contributed by atoms with E-state index in [1.807, 2.05) is 0 Å². The van der Waals surface area contributed by atoms with Crippen molar-refractivity contribution in [1.82, 2.24) is 4.98 Å². The van der Waals surface area contributed by atoms with Crippen LogP contribution in [0.5, 0.6) is 0 Å². The first-order valence-electron chi connectivity index (χ1n) is 4.78. The summed E-state index contributed by atoms with van der Waals surface area (Å²) in [6.45, 7) is 1.61. The molecule has 0 amide bonds. The van der Waals surface area contributed by atoms with Gasteiger partial charge in [0.15, 0.2) is 0 Å². The molecule has 0 spiro atoms. The second kappa shape index (κ2) is 5.90. The van der Waals surface area contributed by atoms with Crippen LogP contribution in [-0.4, -0.2) is 17.6 Å². The molecule has 1 rings (SSSR count). The van der Waals surface area contributed by atoms with E-state index in [-0.39, 0.29) is 23.1 Å². The Hall–Kier alpha value is -1.24. The monoisotopic (exact) mass is 309 g/mol. The Balaban J connectivity index is 3.44. The van der Waals surface area contributed by atoms with Crippen molar-refractivity contribution in [3.8, 4) is 0 Å². The smallest absolute Gasteiger partial charge is 0.339 e. The first kappa shape index (κ1) is 13.8. The van der Waals surface area contributed by atoms with Gasteiger partial charge in [0.1, 0.15) is 0 Å². The Morgan fingerprint density at radius 2 is 2.24 bits per heavy atom. The minimum Gasteiger partial charge on any atom is -0.462 e. The first-order chi connectivity index (χ1) is 8.02. The highest BCUT2D eigenvalue weighted by Gasteiger charge is 2.24. The van der Waals surface area contributed by atoms with Crippen LogP contribution in [0, 0.1) is 0 Å². The van der Waals surface area contributed by atoms with Gasteiger partial charge in [0.2, 0.25) is 0 Å². The van der Waals surface area contributed by atoms with Gasteiger partial charge in [-0.25, -0.2) is 13.6 Å². The zero-order valence-electron chi connectivity index (χ0n) is 8.93. The molecule has 4 nitrogen and oxygen atoms in total. The maximum atomic E-state index is 12.7. The molecule has 0 aliphatic rings. The van der Waals surface area contributed by atoms with Gasteiger partial charge >= 0.3 is 5.97 Å². The van der Waals surface area contributed by atoms with Crippen molar-refractivity contribution in [2.75, 3.05) is 6.61 Å². The number of esters is 1. The van der Waals surface area contributed by atoms with Crippen LogP contribution in [0.3, 0.4) is 0 Å². The highest BCUT2D eigenvalue weighted by Crippen LogP contribution is 2.24. The van der Waals surface area contributed by atoms with Crippen LogP contribution in [0.15, 0.2) is 11.0 Å². The van der Waals surface area contributed by atoms with Crippen LogP contribution in [-0.2, 0) is 10.1 Å². The third-order valence-corrected chi connectivity index (χ3v) is 2.63. The van der Waals surface area contributed by atoms with Gasteiger partial charge in [-0.3, -0.25) is 4.79 Å². The van der Waals surface area contributed by atoms with E-state index < -0.39 is 23.5 Å². The fourth-order valence-corrected chi connectivity index (χ4v) is 1.87. The summed E-state index contributed by atoms with van der Waals surface area (Å²) in [5, 5.41) is -0.00294. The molecule has 0 fully saturated rings. The standard InChI is InChI=1S/C10H10BrF2NO3/c1-2-17-10(16)7-5(3-11)9(15)14-4-6(7)8(12)13/h4,8H,2-3H2,1H3,(H,14,15). The topological polar surface area (TPSA) is 59.2 Å². The molecule has 0 aromatic carbocycles. The lowest BCUT2D eigenvalue weighted by molar-refractivity contribution is 0.0514. The number of alkyl halides is 3. The average Bonchev–Trinajstić information content (AvgIpc) is 2.28. The highest BCUT2D eigenvalue weighted by molar-refractivity contribution is 9.08. The highest BCUT2D eigenvalue weighted by atomic mass is 79.9. The quantitative estimate of drug-likeness (QED) is 0.686. The van der Waals surface area contributed by atoms with E-state index in [1.54, 1.807) is 6.92 Å². The summed E-state index contributed by atoms with van der Waals surface area (Å²) in [5.74, 6) is -0.914. The van der Waals surface area contributed by atoms with Crippen LogP contribution in [0.1, 0.15) is 34.8 Å². The summed E-state index contributed by atoms with van der Waals surface area (Å²) >= 11 is 2.99. The van der Waals surface area contributed by atoms with Crippen molar-refractivity contribution in [2.45, 2.75) is 18.7 Å². The lowest BCUT2D eigenvalue weighted by Gasteiger charge is -2.10. The lowest BCUT2D eigenvalue weighted by atomic mass is 10.1. The Morgan fingerprint density at radius 3 is 2.71 bits per heavy atom. The summed E-state index contributed by atoms with van der Waals surface area (Å²) in [5.41, 5.74) is -1.53. The summed E-state index contributed by atoms with van der Waals surface area (Å²) in [4.78, 5) is 25.2. The number of hydrogen-bond acceptors (Lipinski definition) is 3. The van der Waals surface area contributed by atoms with Gasteiger partial charge < -0.3 is 9.72 Å². The normalized spacial score (nSPS) is 10.6. The van der Waals surface area contributed by atoms with E-state index in [0.29, 0.717) is 0 Å². The van der Waals surface area contributed by atoms with Crippen molar-refractivity contribution >= 4 is 21.9 Å². The van der Waals surface area contributed by atoms with E-state index in [0.717, 1.165) is 6.20 Å². The molecule has 1 heterocycles. The molecule has 0 aliphatic carbocycles. The predicted octanol–water partition coefficient (Wildman–Crippen LogP) is 2.38. The Kier molecular flexibility index (Phi) is 4.80. The van der Waals surface area contributed by atoms with Gasteiger partial charge in [-0.15, -0.1) is 0 Å². The third kappa shape index (κ3) is 2.91. The van der Waals surface area contributed by atoms with E-state index >= 15 is 0 Å². The van der Waals surface area contributed by atoms with Gasteiger partial charge in [0.25, 0.3) is 12.0 Å². The average molecular weight is 310 g/mol. The van der Waals surface area contributed by atoms with Crippen LogP contribution in [0.4, 0.5) is 8.78 Å². The molecular weight excluding hydrogens is 300 g/mol. The first-order valence-corrected chi connectivity index (χ1v) is 5.90. The van der Waals surface area contributed by atoms with Crippen molar-refractivity contribution in [1.29, 1.82) is 0 Å². The Morgan fingerprint density at radius 1 is 1.59 bits per heavy atom. The fourth-order valence-electron chi connectivity index (χ4n) is 1.33. The second-order valence-electron chi connectivity index (χ2n) is 3.08. The third-order valence-electron chi connectivity index (χ3n) is 2.07. The summed E-state index contributed by atoms with van der Waals surface area (Å²) < 4.78 is 30.1. The molecule has 17 heavy (non-hydrogen) atoms. The van der Waals surface area contributed by atoms with Gasteiger partial charge in [-0.1, -0.05) is 15.9 Å². The Labute approximate surface area is 104 Å². The number of aromatic nitrogens is 1. The van der Waals surface area contributed by atoms with Crippen molar-refractivity contribution in [3.05, 3.63) is 33.2 Å². The minimum absolute atomic E-state index is 0.00294. The van der Waals surface area contributed by atoms with Crippen LogP contribution < -0.4 is 5.56 Å². The number of H-pyrrole nitrogens is 1. The summed E-state index contributed by atoms with van der Waals surface area (Å²) in [6, 6.07) is 0. The number of nitrogens with one attached hydrogen (secondary N) is 1. The number of halogens is 3. The number of ether oxygens (including phenoxy) is 1. The minimum atomic E-state index is -2.86.